The topological polar surface area (TPSA) is 174 Å². The van der Waals surface area contributed by atoms with E-state index >= 15 is 19.2 Å². The van der Waals surface area contributed by atoms with Gasteiger partial charge < -0.3 is 31.2 Å². The zero-order valence-corrected chi connectivity index (χ0v) is 74.2. The average Bonchev–Trinajstić information content (AvgIpc) is 1.58. The Kier molecular flexibility index (Phi) is 21.5. The molecule has 4 fully saturated rings. The van der Waals surface area contributed by atoms with Crippen molar-refractivity contribution in [2.45, 2.75) is 114 Å². The zero-order chi connectivity index (χ0) is 86.8. The van der Waals surface area contributed by atoms with Crippen LogP contribution in [0.4, 0.5) is 22.7 Å². The molecule has 0 spiro atoms. The molecule has 15 aromatic rings. The lowest BCUT2D eigenvalue weighted by molar-refractivity contribution is -0.118. The molecule has 8 atom stereocenters. The van der Waals surface area contributed by atoms with Crippen molar-refractivity contribution in [3.63, 3.8) is 0 Å². The second-order valence-electron chi connectivity index (χ2n) is 35.0. The minimum atomic E-state index is -0.430. The predicted molar refractivity (Wildman–Crippen MR) is 525 cm³/mol. The van der Waals surface area contributed by atoms with Crippen LogP contribution in [0.25, 0.3) is 90.9 Å². The van der Waals surface area contributed by atoms with Crippen LogP contribution in [0.15, 0.2) is 379 Å². The number of rotatable bonds is 24. The fourth-order valence-corrected chi connectivity index (χ4v) is 23.2. The highest BCUT2D eigenvalue weighted by Crippen LogP contribution is 2.60. The van der Waals surface area contributed by atoms with Crippen LogP contribution in [-0.2, 0) is 40.8 Å². The molecule has 6 aliphatic rings. The molecule has 3 aromatic heterocycles. The van der Waals surface area contributed by atoms with Gasteiger partial charge in [-0.15, -0.1) is 0 Å². The summed E-state index contributed by atoms with van der Waals surface area (Å²) in [6.45, 7) is 8.66. The predicted octanol–water partition coefficient (Wildman–Crippen LogP) is 27.6. The number of benzene rings is 12. The normalized spacial score (nSPS) is 20.2. The van der Waals surface area contributed by atoms with E-state index in [9.17, 15) is 0 Å². The van der Waals surface area contributed by atoms with Gasteiger partial charge in [-0.05, 0) is 194 Å². The van der Waals surface area contributed by atoms with E-state index in [4.69, 9.17) is 9.97 Å². The summed E-state index contributed by atoms with van der Waals surface area (Å²) in [6, 6.07) is 116. The molecule has 16 heteroatoms. The molecule has 4 aliphatic carbocycles. The lowest BCUT2D eigenvalue weighted by Crippen LogP contribution is -2.22. The van der Waals surface area contributed by atoms with Gasteiger partial charge in [0.1, 0.15) is 0 Å². The largest absolute Gasteiger partial charge is 0.354 e. The number of hydrogen-bond donors (Lipinski definition) is 6. The number of aromatic nitrogens is 4. The third-order valence-electron chi connectivity index (χ3n) is 26.7. The maximum atomic E-state index is 15.7. The number of hydrogen-bond acceptors (Lipinski definition) is 10. The molecule has 626 valence electrons. The Bertz CT molecular complexity index is 6410. The monoisotopic (exact) mass is 1740 g/mol. The summed E-state index contributed by atoms with van der Waals surface area (Å²) in [4.78, 5) is 91.2. The van der Waals surface area contributed by atoms with E-state index in [1.807, 2.05) is 133 Å². The Hall–Kier alpha value is -13.5. The Morgan fingerprint density at radius 3 is 0.680 bits per heavy atom. The molecule has 8 bridgehead atoms. The average molecular weight is 1740 g/mol. The third-order valence-corrected chi connectivity index (χ3v) is 31.0. The number of aromatic amines is 2. The van der Waals surface area contributed by atoms with Gasteiger partial charge in [0.15, 0.2) is 0 Å². The van der Waals surface area contributed by atoms with E-state index in [0.717, 1.165) is 83.7 Å². The van der Waals surface area contributed by atoms with Crippen LogP contribution < -0.4 is 21.3 Å². The molecular formula is C112H90N8O4S4. The highest BCUT2D eigenvalue weighted by Gasteiger charge is 2.59. The molecular weight excluding hydrogens is 1650 g/mol. The minimum Gasteiger partial charge on any atom is -0.354 e. The molecule has 4 saturated carbocycles. The van der Waals surface area contributed by atoms with Gasteiger partial charge in [-0.1, -0.05) is 293 Å². The first-order valence-electron chi connectivity index (χ1n) is 43.6. The van der Waals surface area contributed by atoms with Crippen LogP contribution in [0.1, 0.15) is 98.4 Å². The number of carbonyl (C=O) groups excluding carboxylic acids is 4. The molecule has 12 nitrogen and oxygen atoms in total. The van der Waals surface area contributed by atoms with E-state index < -0.39 is 21.7 Å². The van der Waals surface area contributed by atoms with Crippen molar-refractivity contribution in [3.05, 3.63) is 385 Å². The van der Waals surface area contributed by atoms with Gasteiger partial charge in [0.25, 0.3) is 0 Å². The van der Waals surface area contributed by atoms with Gasteiger partial charge in [0, 0.05) is 151 Å². The highest BCUT2D eigenvalue weighted by atomic mass is 32.2. The fourth-order valence-electron chi connectivity index (χ4n) is 19.1. The van der Waals surface area contributed by atoms with Gasteiger partial charge in [-0.2, -0.15) is 0 Å². The number of anilines is 4. The number of nitrogens with one attached hydrogen (secondary N) is 6. The summed E-state index contributed by atoms with van der Waals surface area (Å²) in [6.07, 6.45) is 10.9. The molecule has 21 rings (SSSR count). The second kappa shape index (κ2) is 33.7. The highest BCUT2D eigenvalue weighted by molar-refractivity contribution is 8.01. The summed E-state index contributed by atoms with van der Waals surface area (Å²) >= 11 is 6.67. The van der Waals surface area contributed by atoms with Gasteiger partial charge in [-0.3, -0.25) is 19.2 Å². The van der Waals surface area contributed by atoms with Crippen LogP contribution >= 0.6 is 47.0 Å². The molecule has 0 radical (unpaired) electrons. The molecule has 0 saturated heterocycles. The summed E-state index contributed by atoms with van der Waals surface area (Å²) in [5, 5.41) is 14.2. The maximum absolute atomic E-state index is 15.7. The SMILES string of the molecule is C[C@@]1(c2ccccc2)C[C@@H]1C(=O)Nc1cccc(NC(=O)[C@H]2C[C@]2(C)c2ccccc2)c1-c1c2nc(c(-c3c(Sc4ccccc4)cccc3Sc3ccccc3)c3ccc([nH]3)c(-c3c(NC(=O)[C@H]4C[C@@]4(C)c4ccccc4)cccc3NC(=O)[C@H]3C[C@]3(C)c3ccccc3)c3nc(c(-c4c(Sc5ccccc5)cccc4Sc4ccccc4)c4ccc1[nH]4)C=C3)C=C2. The summed E-state index contributed by atoms with van der Waals surface area (Å²) in [5.41, 5.74) is 15.2. The van der Waals surface area contributed by atoms with E-state index in [1.165, 1.54) is 0 Å². The van der Waals surface area contributed by atoms with Crippen molar-refractivity contribution in [1.82, 2.24) is 19.9 Å². The lowest BCUT2D eigenvalue weighted by atomic mass is 9.94. The van der Waals surface area contributed by atoms with Crippen molar-refractivity contribution >= 4 is 140 Å². The third kappa shape index (κ3) is 15.7. The summed E-state index contributed by atoms with van der Waals surface area (Å²) in [5.74, 6) is -2.07. The molecule has 12 aromatic carbocycles. The first-order chi connectivity index (χ1) is 62.5. The van der Waals surface area contributed by atoms with E-state index in [2.05, 4.69) is 289 Å². The quantitative estimate of drug-likeness (QED) is 0.0342. The lowest BCUT2D eigenvalue weighted by Gasteiger charge is -2.19. The number of fused-ring (bicyclic) bond motifs is 8. The van der Waals surface area contributed by atoms with Crippen LogP contribution in [0.5, 0.6) is 0 Å². The Morgan fingerprint density at radius 1 is 0.250 bits per heavy atom. The van der Waals surface area contributed by atoms with Crippen molar-refractivity contribution < 1.29 is 19.2 Å². The summed E-state index contributed by atoms with van der Waals surface area (Å²) in [7, 11) is 0. The molecule has 0 unspecified atom stereocenters. The van der Waals surface area contributed by atoms with Crippen molar-refractivity contribution in [3.8, 4) is 44.5 Å². The maximum Gasteiger partial charge on any atom is 0.228 e. The van der Waals surface area contributed by atoms with Gasteiger partial charge in [0.05, 0.1) is 45.5 Å². The van der Waals surface area contributed by atoms with Crippen LogP contribution in [0, 0.1) is 23.7 Å². The number of H-pyrrole nitrogens is 2. The number of carbonyl (C=O) groups is 4. The Morgan fingerprint density at radius 2 is 0.453 bits per heavy atom. The first kappa shape index (κ1) is 81.6. The smallest absolute Gasteiger partial charge is 0.228 e. The molecule has 5 heterocycles. The zero-order valence-electron chi connectivity index (χ0n) is 70.9. The molecule has 4 amide bonds. The molecule has 128 heavy (non-hydrogen) atoms. The fraction of sp³-hybridized carbons (Fsp3) is 0.143. The van der Waals surface area contributed by atoms with Gasteiger partial charge >= 0.3 is 0 Å². The second-order valence-corrected chi connectivity index (χ2v) is 39.5. The van der Waals surface area contributed by atoms with Crippen molar-refractivity contribution in [1.29, 1.82) is 0 Å². The number of amides is 4. The summed E-state index contributed by atoms with van der Waals surface area (Å²) < 4.78 is 0. The van der Waals surface area contributed by atoms with Crippen molar-refractivity contribution in [2.75, 3.05) is 21.3 Å². The minimum absolute atomic E-state index is 0.144. The van der Waals surface area contributed by atoms with Crippen molar-refractivity contribution in [2.24, 2.45) is 23.7 Å². The van der Waals surface area contributed by atoms with Gasteiger partial charge in [-0.25, -0.2) is 9.97 Å². The van der Waals surface area contributed by atoms with Crippen LogP contribution in [-0.4, -0.2) is 43.6 Å². The van der Waals surface area contributed by atoms with Gasteiger partial charge in [0.2, 0.25) is 23.6 Å². The Labute approximate surface area is 761 Å². The standard InChI is InChI=1S/C112H90N8O4S4/c1-109(69-33-13-5-14-34-69)65-77(109)105(121)117-81-49-29-50-82(118-106(122)78-66-110(78,2)70-35-15-6-16-36-70)97(81)99-85-57-61-89(113-85)101(103-93(125-73-41-21-9-22-42-73)53-31-54-94(103)126-74-43-23-10-24-44-74)91-63-59-87(115-91)100(88-60-64-92(116-88)102(90-62-58-86(99)114-90)104-95(127-75-45-25-11-26-46-75)55-32-56-96(104)128-76-47-27-12-28-48-76)98-83(119-107(123)79-67-111(79,3)71-37-17-7-18-38-71)51-30-52-84(98)120-108(124)80-68-112(80,4)72-39-19-8-20-40-72/h5-64,77-80,113,116H,65-68H2,1-4H3,(H,117,121)(H,118,122)(H,119,123)(H,120,124)/t77-,78-,79-,80-,109-,110+,111-,112+/m1/s1. The number of nitrogens with zero attached hydrogens (tertiary/aromatic N) is 2. The van der Waals surface area contributed by atoms with Crippen LogP contribution in [0.3, 0.4) is 0 Å². The van der Waals surface area contributed by atoms with E-state index in [-0.39, 0.29) is 47.3 Å². The van der Waals surface area contributed by atoms with E-state index in [0.29, 0.717) is 116 Å². The first-order valence-corrected chi connectivity index (χ1v) is 46.9. The molecule has 2 aliphatic heterocycles. The van der Waals surface area contributed by atoms with Crippen LogP contribution in [0.2, 0.25) is 0 Å². The molecule has 6 N–H and O–H groups in total. The van der Waals surface area contributed by atoms with E-state index in [1.54, 1.807) is 47.0 Å². The Balaban J connectivity index is 0.874.